The first-order valence-electron chi connectivity index (χ1n) is 7.85. The Hall–Kier alpha value is -0.160. The topological polar surface area (TPSA) is 41.9 Å². The van der Waals surface area contributed by atoms with Crippen molar-refractivity contribution >= 4 is 0 Å². The molecule has 19 heavy (non-hydrogen) atoms. The highest BCUT2D eigenvalue weighted by molar-refractivity contribution is 4.85. The zero-order valence-corrected chi connectivity index (χ0v) is 12.3. The fourth-order valence-electron chi connectivity index (χ4n) is 3.28. The first-order chi connectivity index (χ1) is 9.26. The largest absolute Gasteiger partial charge is 0.396 e. The second-order valence-corrected chi connectivity index (χ2v) is 5.96. The molecule has 0 amide bonds. The van der Waals surface area contributed by atoms with Crippen LogP contribution in [0.2, 0.25) is 0 Å². The van der Waals surface area contributed by atoms with E-state index in [0.717, 1.165) is 38.9 Å². The maximum absolute atomic E-state index is 8.75. The van der Waals surface area contributed by atoms with Gasteiger partial charge in [0.1, 0.15) is 0 Å². The summed E-state index contributed by atoms with van der Waals surface area (Å²) >= 11 is 0. The molecule has 0 aromatic rings. The summed E-state index contributed by atoms with van der Waals surface area (Å²) in [6, 6.07) is 0.691. The summed E-state index contributed by atoms with van der Waals surface area (Å²) in [5.74, 6) is -0.224. The van der Waals surface area contributed by atoms with Gasteiger partial charge in [0.2, 0.25) is 0 Å². The quantitative estimate of drug-likeness (QED) is 0.721. The minimum Gasteiger partial charge on any atom is -0.396 e. The Kier molecular flexibility index (Phi) is 6.07. The van der Waals surface area contributed by atoms with Crippen molar-refractivity contribution in [3.8, 4) is 0 Å². The van der Waals surface area contributed by atoms with Gasteiger partial charge in [0.15, 0.2) is 5.79 Å². The smallest absolute Gasteiger partial charge is 0.168 e. The second kappa shape index (κ2) is 7.58. The summed E-state index contributed by atoms with van der Waals surface area (Å²) in [4.78, 5) is 2.50. The molecular formula is C15H29NO3. The zero-order chi connectivity index (χ0) is 13.6. The molecule has 0 bridgehead atoms. The molecule has 1 spiro atoms. The molecule has 1 heterocycles. The van der Waals surface area contributed by atoms with Crippen LogP contribution in [-0.4, -0.2) is 55.2 Å². The molecule has 2 rings (SSSR count). The van der Waals surface area contributed by atoms with Gasteiger partial charge in [-0.05, 0) is 39.3 Å². The number of aliphatic hydroxyl groups excluding tert-OH is 1. The predicted molar refractivity (Wildman–Crippen MR) is 75.1 cm³/mol. The summed E-state index contributed by atoms with van der Waals surface area (Å²) < 4.78 is 11.5. The van der Waals surface area contributed by atoms with Crippen molar-refractivity contribution in [1.29, 1.82) is 0 Å². The summed E-state index contributed by atoms with van der Waals surface area (Å²) in [5.41, 5.74) is 0. The molecule has 0 aromatic carbocycles. The highest BCUT2D eigenvalue weighted by Gasteiger charge is 2.40. The molecule has 2 aliphatic rings. The van der Waals surface area contributed by atoms with E-state index in [-0.39, 0.29) is 5.79 Å². The van der Waals surface area contributed by atoms with Gasteiger partial charge in [0.05, 0.1) is 13.2 Å². The van der Waals surface area contributed by atoms with Crippen LogP contribution in [0.15, 0.2) is 0 Å². The molecule has 1 aliphatic heterocycles. The summed E-state index contributed by atoms with van der Waals surface area (Å²) in [6.07, 6.45) is 9.04. The summed E-state index contributed by atoms with van der Waals surface area (Å²) in [7, 11) is 2.24. The Labute approximate surface area is 117 Å². The van der Waals surface area contributed by atoms with Crippen LogP contribution in [0, 0.1) is 0 Å². The van der Waals surface area contributed by atoms with E-state index in [1.165, 1.54) is 32.2 Å². The molecular weight excluding hydrogens is 242 g/mol. The van der Waals surface area contributed by atoms with Gasteiger partial charge >= 0.3 is 0 Å². The maximum Gasteiger partial charge on any atom is 0.168 e. The Balaban J connectivity index is 1.60. The minimum absolute atomic E-state index is 0.224. The Morgan fingerprint density at radius 1 is 1.05 bits per heavy atom. The number of aliphatic hydroxyl groups is 1. The molecule has 4 nitrogen and oxygen atoms in total. The van der Waals surface area contributed by atoms with E-state index >= 15 is 0 Å². The van der Waals surface area contributed by atoms with Crippen molar-refractivity contribution in [2.75, 3.05) is 33.4 Å². The van der Waals surface area contributed by atoms with Crippen LogP contribution in [-0.2, 0) is 9.47 Å². The van der Waals surface area contributed by atoms with Crippen LogP contribution in [0.5, 0.6) is 0 Å². The molecule has 1 N–H and O–H groups in total. The van der Waals surface area contributed by atoms with E-state index in [1.807, 2.05) is 0 Å². The molecule has 1 saturated heterocycles. The number of ether oxygens (including phenoxy) is 2. The third kappa shape index (κ3) is 4.42. The molecule has 112 valence electrons. The predicted octanol–water partition coefficient (Wildman–Crippen LogP) is 2.16. The van der Waals surface area contributed by atoms with Crippen molar-refractivity contribution in [1.82, 2.24) is 4.90 Å². The van der Waals surface area contributed by atoms with Crippen molar-refractivity contribution in [2.24, 2.45) is 0 Å². The highest BCUT2D eigenvalue weighted by Crippen LogP contribution is 2.37. The maximum atomic E-state index is 8.75. The summed E-state index contributed by atoms with van der Waals surface area (Å²) in [6.45, 7) is 3.04. The zero-order valence-electron chi connectivity index (χ0n) is 12.3. The molecule has 0 atom stereocenters. The van der Waals surface area contributed by atoms with Crippen LogP contribution in [0.4, 0.5) is 0 Å². The third-order valence-corrected chi connectivity index (χ3v) is 4.57. The van der Waals surface area contributed by atoms with E-state index in [1.54, 1.807) is 0 Å². The molecule has 2 fully saturated rings. The average molecular weight is 271 g/mol. The lowest BCUT2D eigenvalue weighted by atomic mass is 9.89. The van der Waals surface area contributed by atoms with Gasteiger partial charge in [0.25, 0.3) is 0 Å². The molecule has 0 radical (unpaired) electrons. The van der Waals surface area contributed by atoms with E-state index in [4.69, 9.17) is 14.6 Å². The molecule has 0 aromatic heterocycles. The normalized spacial score (nSPS) is 23.5. The van der Waals surface area contributed by atoms with Gasteiger partial charge < -0.3 is 19.5 Å². The van der Waals surface area contributed by atoms with Crippen LogP contribution >= 0.6 is 0 Å². The van der Waals surface area contributed by atoms with Crippen LogP contribution in [0.1, 0.15) is 51.4 Å². The molecule has 0 unspecified atom stereocenters. The molecule has 4 heteroatoms. The highest BCUT2D eigenvalue weighted by atomic mass is 16.7. The first-order valence-corrected chi connectivity index (χ1v) is 7.85. The fourth-order valence-corrected chi connectivity index (χ4v) is 3.28. The monoisotopic (exact) mass is 271 g/mol. The van der Waals surface area contributed by atoms with E-state index in [0.29, 0.717) is 12.6 Å². The van der Waals surface area contributed by atoms with Crippen molar-refractivity contribution in [3.05, 3.63) is 0 Å². The Bertz CT molecular complexity index is 244. The number of unbranched alkanes of at least 4 members (excludes halogenated alkanes) is 3. The molecule has 1 aliphatic carbocycles. The summed E-state index contributed by atoms with van der Waals surface area (Å²) in [5, 5.41) is 8.75. The van der Waals surface area contributed by atoms with Gasteiger partial charge in [-0.25, -0.2) is 0 Å². The van der Waals surface area contributed by atoms with E-state index in [2.05, 4.69) is 11.9 Å². The van der Waals surface area contributed by atoms with Crippen LogP contribution < -0.4 is 0 Å². The Morgan fingerprint density at radius 2 is 1.68 bits per heavy atom. The van der Waals surface area contributed by atoms with Gasteiger partial charge in [-0.2, -0.15) is 0 Å². The minimum atomic E-state index is -0.224. The van der Waals surface area contributed by atoms with E-state index < -0.39 is 0 Å². The SMILES string of the molecule is CN(CCCCCCO)C1CCC2(CC1)OCCO2. The first kappa shape index (κ1) is 15.2. The van der Waals surface area contributed by atoms with Gasteiger partial charge in [-0.3, -0.25) is 0 Å². The van der Waals surface area contributed by atoms with Crippen molar-refractivity contribution < 1.29 is 14.6 Å². The lowest BCUT2D eigenvalue weighted by Gasteiger charge is -2.39. The third-order valence-electron chi connectivity index (χ3n) is 4.57. The Morgan fingerprint density at radius 3 is 2.32 bits per heavy atom. The van der Waals surface area contributed by atoms with Crippen LogP contribution in [0.25, 0.3) is 0 Å². The van der Waals surface area contributed by atoms with Crippen molar-refractivity contribution in [2.45, 2.75) is 63.2 Å². The van der Waals surface area contributed by atoms with E-state index in [9.17, 15) is 0 Å². The van der Waals surface area contributed by atoms with Crippen molar-refractivity contribution in [3.63, 3.8) is 0 Å². The number of rotatable bonds is 7. The number of hydrogen-bond acceptors (Lipinski definition) is 4. The standard InChI is InChI=1S/C15H29NO3/c1-16(10-4-2-3-5-11-17)14-6-8-15(9-7-14)18-12-13-19-15/h14,17H,2-13H2,1H3. The lowest BCUT2D eigenvalue weighted by Crippen LogP contribution is -2.43. The average Bonchev–Trinajstić information content (AvgIpc) is 2.87. The van der Waals surface area contributed by atoms with Crippen LogP contribution in [0.3, 0.4) is 0 Å². The van der Waals surface area contributed by atoms with Gasteiger partial charge in [-0.15, -0.1) is 0 Å². The number of nitrogens with zero attached hydrogens (tertiary/aromatic N) is 1. The van der Waals surface area contributed by atoms with Gasteiger partial charge in [-0.1, -0.05) is 12.8 Å². The second-order valence-electron chi connectivity index (χ2n) is 5.96. The van der Waals surface area contributed by atoms with Gasteiger partial charge in [0, 0.05) is 25.5 Å². The number of hydrogen-bond donors (Lipinski definition) is 1. The fraction of sp³-hybridized carbons (Fsp3) is 1.00. The molecule has 1 saturated carbocycles. The lowest BCUT2D eigenvalue weighted by molar-refractivity contribution is -0.183.